The second-order valence-electron chi connectivity index (χ2n) is 9.35. The summed E-state index contributed by atoms with van der Waals surface area (Å²) in [6.07, 6.45) is 12.8. The van der Waals surface area contributed by atoms with E-state index in [0.29, 0.717) is 30.6 Å². The minimum absolute atomic E-state index is 0.294. The number of hydrogen-bond donors (Lipinski definition) is 3. The maximum Gasteiger partial charge on any atom is 0.337 e. The van der Waals surface area contributed by atoms with Gasteiger partial charge in [0.05, 0.1) is 6.61 Å². The number of benzene rings is 1. The molecule has 0 spiro atoms. The molecule has 35 heavy (non-hydrogen) atoms. The van der Waals surface area contributed by atoms with E-state index in [2.05, 4.69) is 12.2 Å². The molecule has 1 heterocycles. The number of cyclic esters (lactones) is 1. The van der Waals surface area contributed by atoms with Crippen LogP contribution < -0.4 is 5.32 Å². The number of esters is 1. The van der Waals surface area contributed by atoms with E-state index in [0.717, 1.165) is 44.9 Å². The Morgan fingerprint density at radius 2 is 1.66 bits per heavy atom. The number of unbranched alkanes of at least 4 members (excludes halogenated alkanes) is 7. The lowest BCUT2D eigenvalue weighted by Crippen LogP contribution is -2.62. The van der Waals surface area contributed by atoms with Gasteiger partial charge in [-0.1, -0.05) is 69.4 Å². The van der Waals surface area contributed by atoms with Crippen molar-refractivity contribution >= 4 is 17.7 Å². The highest BCUT2D eigenvalue weighted by Gasteiger charge is 2.57. The zero-order valence-corrected chi connectivity index (χ0v) is 20.9. The fourth-order valence-corrected chi connectivity index (χ4v) is 4.27. The number of allylic oxidation sites excluding steroid dienone is 1. The first-order valence-corrected chi connectivity index (χ1v) is 13.0. The molecule has 1 aliphatic heterocycles. The van der Waals surface area contributed by atoms with Crippen molar-refractivity contribution in [2.45, 2.75) is 102 Å². The third-order valence-corrected chi connectivity index (χ3v) is 6.52. The average molecular weight is 488 g/mol. The lowest BCUT2D eigenvalue weighted by atomic mass is 9.90. The Kier molecular flexibility index (Phi) is 12.7. The van der Waals surface area contributed by atoms with Gasteiger partial charge in [0, 0.05) is 24.8 Å². The second kappa shape index (κ2) is 15.5. The van der Waals surface area contributed by atoms with E-state index in [1.54, 1.807) is 30.3 Å². The molecule has 0 bridgehead atoms. The lowest BCUT2D eigenvalue weighted by Gasteiger charge is -2.28. The van der Waals surface area contributed by atoms with Crippen molar-refractivity contribution in [1.82, 2.24) is 5.32 Å². The molecule has 7 heteroatoms. The van der Waals surface area contributed by atoms with Gasteiger partial charge in [0.25, 0.3) is 5.91 Å². The molecule has 1 amide bonds. The van der Waals surface area contributed by atoms with Crippen LogP contribution in [-0.4, -0.2) is 52.2 Å². The Morgan fingerprint density at radius 3 is 2.31 bits per heavy atom. The van der Waals surface area contributed by atoms with E-state index in [1.807, 2.05) is 12.2 Å². The van der Waals surface area contributed by atoms with Crippen LogP contribution in [0.2, 0.25) is 0 Å². The number of ketones is 1. The molecule has 0 unspecified atom stereocenters. The minimum Gasteiger partial charge on any atom is -0.457 e. The van der Waals surface area contributed by atoms with E-state index in [4.69, 9.17) is 4.74 Å². The summed E-state index contributed by atoms with van der Waals surface area (Å²) in [7, 11) is 0. The Labute approximate surface area is 209 Å². The maximum atomic E-state index is 12.5. The Hall–Kier alpha value is -2.51. The molecule has 7 nitrogen and oxygen atoms in total. The Balaban J connectivity index is 1.66. The van der Waals surface area contributed by atoms with Crippen LogP contribution in [0.1, 0.15) is 94.3 Å². The van der Waals surface area contributed by atoms with E-state index in [1.165, 1.54) is 12.8 Å². The highest BCUT2D eigenvalue weighted by Crippen LogP contribution is 2.29. The van der Waals surface area contributed by atoms with Gasteiger partial charge in [-0.3, -0.25) is 9.59 Å². The number of rotatable bonds is 17. The van der Waals surface area contributed by atoms with Gasteiger partial charge in [0.2, 0.25) is 0 Å². The Bertz CT molecular complexity index is 824. The molecule has 0 aliphatic carbocycles. The summed E-state index contributed by atoms with van der Waals surface area (Å²) in [6.45, 7) is 1.41. The largest absolute Gasteiger partial charge is 0.457 e. The van der Waals surface area contributed by atoms with E-state index >= 15 is 0 Å². The molecular formula is C28H41NO6. The number of amides is 1. The summed E-state index contributed by atoms with van der Waals surface area (Å²) in [6, 6.07) is 8.30. The van der Waals surface area contributed by atoms with Gasteiger partial charge in [-0.2, -0.15) is 0 Å². The van der Waals surface area contributed by atoms with Crippen LogP contribution in [0.5, 0.6) is 0 Å². The third-order valence-electron chi connectivity index (χ3n) is 6.52. The van der Waals surface area contributed by atoms with Crippen molar-refractivity contribution in [3.63, 3.8) is 0 Å². The molecule has 194 valence electrons. The minimum atomic E-state index is -1.88. The molecule has 1 fully saturated rings. The standard InChI is InChI=1S/C28H41NO6/c1-2-3-4-13-18-23(31)19-14-8-6-5-7-9-15-20-24-25(32)28(21-30,27(34)35-24)29-26(33)22-16-11-10-12-17-22/h9-12,15-17,24-25,30,32H,2-8,13-14,18-21H2,1H3,(H,29,33)/b15-9-/t24-,25+,28+/m1/s1. The smallest absolute Gasteiger partial charge is 0.337 e. The van der Waals surface area contributed by atoms with Crippen LogP contribution >= 0.6 is 0 Å². The molecule has 1 saturated heterocycles. The van der Waals surface area contributed by atoms with Gasteiger partial charge >= 0.3 is 5.97 Å². The molecule has 1 aromatic carbocycles. The fraction of sp³-hybridized carbons (Fsp3) is 0.607. The van der Waals surface area contributed by atoms with Crippen LogP contribution in [0.15, 0.2) is 42.5 Å². The monoisotopic (exact) mass is 487 g/mol. The van der Waals surface area contributed by atoms with Crippen LogP contribution in [0, 0.1) is 0 Å². The first-order valence-electron chi connectivity index (χ1n) is 13.0. The molecular weight excluding hydrogens is 446 g/mol. The number of aliphatic hydroxyl groups is 2. The van der Waals surface area contributed by atoms with Crippen LogP contribution in [-0.2, 0) is 14.3 Å². The number of Topliss-reactive ketones (excluding diaryl/α,β-unsaturated/α-hetero) is 1. The zero-order chi connectivity index (χ0) is 25.5. The van der Waals surface area contributed by atoms with Crippen LogP contribution in [0.4, 0.5) is 0 Å². The van der Waals surface area contributed by atoms with Crippen LogP contribution in [0.3, 0.4) is 0 Å². The van der Waals surface area contributed by atoms with Crippen LogP contribution in [0.25, 0.3) is 0 Å². The SMILES string of the molecule is CCCCCCC(=O)CCCCCC/C=C\C[C@H]1OC(=O)[C@@](CO)(NC(=O)c2ccccc2)[C@H]1O. The summed E-state index contributed by atoms with van der Waals surface area (Å²) < 4.78 is 5.29. The molecule has 0 aromatic heterocycles. The highest BCUT2D eigenvalue weighted by atomic mass is 16.6. The van der Waals surface area contributed by atoms with Crippen molar-refractivity contribution in [2.24, 2.45) is 0 Å². The van der Waals surface area contributed by atoms with Gasteiger partial charge in [0.15, 0.2) is 5.54 Å². The molecule has 1 aliphatic rings. The number of aliphatic hydroxyl groups excluding tert-OH is 2. The van der Waals surface area contributed by atoms with Crippen molar-refractivity contribution < 1.29 is 29.3 Å². The van der Waals surface area contributed by atoms with Crippen molar-refractivity contribution in [3.05, 3.63) is 48.0 Å². The molecule has 0 saturated carbocycles. The molecule has 1 aromatic rings. The average Bonchev–Trinajstić information content (AvgIpc) is 3.10. The van der Waals surface area contributed by atoms with Crippen molar-refractivity contribution in [3.8, 4) is 0 Å². The summed E-state index contributed by atoms with van der Waals surface area (Å²) in [5.41, 5.74) is -1.56. The van der Waals surface area contributed by atoms with E-state index in [-0.39, 0.29) is 0 Å². The highest BCUT2D eigenvalue weighted by molar-refractivity contribution is 5.99. The topological polar surface area (TPSA) is 113 Å². The normalized spacial score (nSPS) is 21.9. The number of ether oxygens (including phenoxy) is 1. The third kappa shape index (κ3) is 8.89. The summed E-state index contributed by atoms with van der Waals surface area (Å²) >= 11 is 0. The quantitative estimate of drug-likeness (QED) is 0.172. The lowest BCUT2D eigenvalue weighted by molar-refractivity contribution is -0.147. The number of hydrogen-bond acceptors (Lipinski definition) is 6. The predicted molar refractivity (Wildman–Crippen MR) is 135 cm³/mol. The van der Waals surface area contributed by atoms with Gasteiger partial charge in [-0.05, 0) is 37.8 Å². The predicted octanol–water partition coefficient (Wildman–Crippen LogP) is 4.26. The van der Waals surface area contributed by atoms with Crippen molar-refractivity contribution in [1.29, 1.82) is 0 Å². The molecule has 0 radical (unpaired) electrons. The van der Waals surface area contributed by atoms with Gasteiger partial charge < -0.3 is 20.3 Å². The molecule has 3 N–H and O–H groups in total. The van der Waals surface area contributed by atoms with E-state index < -0.39 is 36.2 Å². The van der Waals surface area contributed by atoms with Gasteiger partial charge in [-0.25, -0.2) is 4.79 Å². The zero-order valence-electron chi connectivity index (χ0n) is 20.9. The first kappa shape index (κ1) is 28.7. The van der Waals surface area contributed by atoms with Gasteiger partial charge in [-0.15, -0.1) is 0 Å². The summed E-state index contributed by atoms with van der Waals surface area (Å²) in [5.74, 6) is -1.02. The number of carbonyl (C=O) groups excluding carboxylic acids is 3. The number of nitrogens with one attached hydrogen (secondary N) is 1. The molecule has 2 rings (SSSR count). The second-order valence-corrected chi connectivity index (χ2v) is 9.35. The van der Waals surface area contributed by atoms with Gasteiger partial charge in [0.1, 0.15) is 18.0 Å². The van der Waals surface area contributed by atoms with Crippen molar-refractivity contribution in [2.75, 3.05) is 6.61 Å². The summed E-state index contributed by atoms with van der Waals surface area (Å²) in [4.78, 5) is 36.8. The summed E-state index contributed by atoms with van der Waals surface area (Å²) in [5, 5.41) is 23.1. The maximum absolute atomic E-state index is 12.5. The fourth-order valence-electron chi connectivity index (χ4n) is 4.27. The first-order chi connectivity index (χ1) is 16.9. The number of carbonyl (C=O) groups is 3. The Morgan fingerprint density at radius 1 is 1.00 bits per heavy atom. The molecule has 3 atom stereocenters. The van der Waals surface area contributed by atoms with E-state index in [9.17, 15) is 24.6 Å².